The van der Waals surface area contributed by atoms with E-state index in [1.807, 2.05) is 38.1 Å². The number of nitrogens with one attached hydrogen (secondary N) is 1. The molecule has 8 heteroatoms. The fourth-order valence-corrected chi connectivity index (χ4v) is 3.75. The molecule has 0 saturated heterocycles. The van der Waals surface area contributed by atoms with Gasteiger partial charge >= 0.3 is 0 Å². The van der Waals surface area contributed by atoms with Gasteiger partial charge in [0.2, 0.25) is 0 Å². The van der Waals surface area contributed by atoms with Crippen LogP contribution in [-0.4, -0.2) is 25.8 Å². The van der Waals surface area contributed by atoms with Crippen LogP contribution in [0.15, 0.2) is 53.3 Å². The number of rotatable bonds is 3. The lowest BCUT2D eigenvalue weighted by molar-refractivity contribution is 0.101. The summed E-state index contributed by atoms with van der Waals surface area (Å²) in [7, 11) is 0. The van der Waals surface area contributed by atoms with Crippen molar-refractivity contribution in [1.82, 2.24) is 14.8 Å². The maximum atomic E-state index is 12.7. The minimum absolute atomic E-state index is 0.253. The van der Waals surface area contributed by atoms with E-state index in [0.29, 0.717) is 10.8 Å². The topological polar surface area (TPSA) is 97.1 Å². The number of carbonyl (C=O) groups is 1. The van der Waals surface area contributed by atoms with Gasteiger partial charge in [0.1, 0.15) is 0 Å². The van der Waals surface area contributed by atoms with Gasteiger partial charge in [-0.3, -0.25) is 14.9 Å². The van der Waals surface area contributed by atoms with Crippen molar-refractivity contribution in [2.24, 2.45) is 0 Å². The minimum atomic E-state index is -0.644. The zero-order chi connectivity index (χ0) is 19.8. The van der Waals surface area contributed by atoms with E-state index < -0.39 is 17.2 Å². The number of aromatic nitrogens is 3. The lowest BCUT2D eigenvalue weighted by Gasteiger charge is -2.09. The molecule has 0 bridgehead atoms. The van der Waals surface area contributed by atoms with Gasteiger partial charge in [-0.25, -0.2) is 4.98 Å². The smallest absolute Gasteiger partial charge is 0.281 e. The SMILES string of the molecule is Cc1cccc(-n2nc(C(=O)Nc3nc4ccc(C)cc4s3)c(O)cc2=O)c1. The van der Waals surface area contributed by atoms with Gasteiger partial charge in [0.15, 0.2) is 16.6 Å². The number of benzene rings is 2. The summed E-state index contributed by atoms with van der Waals surface area (Å²) < 4.78 is 2.03. The van der Waals surface area contributed by atoms with Crippen molar-refractivity contribution >= 4 is 32.6 Å². The second-order valence-corrected chi connectivity index (χ2v) is 7.44. The normalized spacial score (nSPS) is 10.9. The van der Waals surface area contributed by atoms with Crippen molar-refractivity contribution in [1.29, 1.82) is 0 Å². The molecule has 0 unspecified atom stereocenters. The summed E-state index contributed by atoms with van der Waals surface area (Å²) in [4.78, 5) is 29.3. The molecular formula is C20H16N4O3S. The highest BCUT2D eigenvalue weighted by atomic mass is 32.1. The van der Waals surface area contributed by atoms with Crippen LogP contribution < -0.4 is 10.9 Å². The fraction of sp³-hybridized carbons (Fsp3) is 0.100. The molecule has 0 saturated carbocycles. The van der Waals surface area contributed by atoms with Crippen LogP contribution in [-0.2, 0) is 0 Å². The maximum Gasteiger partial charge on any atom is 0.281 e. The van der Waals surface area contributed by atoms with Gasteiger partial charge < -0.3 is 5.11 Å². The average molecular weight is 392 g/mol. The quantitative estimate of drug-likeness (QED) is 0.557. The molecule has 0 spiro atoms. The number of aromatic hydroxyl groups is 1. The van der Waals surface area contributed by atoms with Crippen molar-refractivity contribution in [3.63, 3.8) is 0 Å². The van der Waals surface area contributed by atoms with Gasteiger partial charge in [0.25, 0.3) is 11.5 Å². The van der Waals surface area contributed by atoms with E-state index in [4.69, 9.17) is 0 Å². The summed E-state index contributed by atoms with van der Waals surface area (Å²) in [6.07, 6.45) is 0. The van der Waals surface area contributed by atoms with Gasteiger partial charge in [-0.1, -0.05) is 29.5 Å². The fourth-order valence-electron chi connectivity index (χ4n) is 2.80. The summed E-state index contributed by atoms with van der Waals surface area (Å²) in [5, 5.41) is 17.2. The zero-order valence-corrected chi connectivity index (χ0v) is 15.9. The van der Waals surface area contributed by atoms with Crippen LogP contribution in [0.1, 0.15) is 21.6 Å². The van der Waals surface area contributed by atoms with Crippen molar-refractivity contribution in [2.45, 2.75) is 13.8 Å². The Morgan fingerprint density at radius 1 is 1.11 bits per heavy atom. The largest absolute Gasteiger partial charge is 0.505 e. The van der Waals surface area contributed by atoms with E-state index in [1.165, 1.54) is 11.3 Å². The Bertz CT molecular complexity index is 1280. The summed E-state index contributed by atoms with van der Waals surface area (Å²) in [5.41, 5.74) is 2.53. The van der Waals surface area contributed by atoms with Crippen LogP contribution in [0, 0.1) is 13.8 Å². The van der Waals surface area contributed by atoms with Crippen molar-refractivity contribution in [3.8, 4) is 11.4 Å². The van der Waals surface area contributed by atoms with E-state index in [0.717, 1.165) is 32.1 Å². The number of carbonyl (C=O) groups excluding carboxylic acids is 1. The number of hydrogen-bond donors (Lipinski definition) is 2. The standard InChI is InChI=1S/C20H16N4O3S/c1-11-4-3-5-13(8-11)24-17(26)10-15(25)18(23-24)19(27)22-20-21-14-7-6-12(2)9-16(14)28-20/h3-10,25H,1-2H3,(H,21,22,27). The molecule has 28 heavy (non-hydrogen) atoms. The molecule has 0 aliphatic rings. The Morgan fingerprint density at radius 2 is 1.89 bits per heavy atom. The molecule has 0 radical (unpaired) electrons. The Balaban J connectivity index is 1.70. The maximum absolute atomic E-state index is 12.7. The number of hydrogen-bond acceptors (Lipinski definition) is 6. The lowest BCUT2D eigenvalue weighted by atomic mass is 10.2. The first-order valence-corrected chi connectivity index (χ1v) is 9.31. The molecule has 7 nitrogen and oxygen atoms in total. The Morgan fingerprint density at radius 3 is 2.68 bits per heavy atom. The summed E-state index contributed by atoms with van der Waals surface area (Å²) in [6.45, 7) is 3.87. The Labute approximate surface area is 163 Å². The molecule has 0 atom stereocenters. The predicted molar refractivity (Wildman–Crippen MR) is 109 cm³/mol. The number of fused-ring (bicyclic) bond motifs is 1. The van der Waals surface area contributed by atoms with Crippen LogP contribution in [0.5, 0.6) is 5.75 Å². The van der Waals surface area contributed by atoms with Gasteiger partial charge in [0.05, 0.1) is 15.9 Å². The van der Waals surface area contributed by atoms with Crippen molar-refractivity contribution in [3.05, 3.63) is 75.7 Å². The number of thiazole rings is 1. The highest BCUT2D eigenvalue weighted by molar-refractivity contribution is 7.22. The molecular weight excluding hydrogens is 376 g/mol. The third-order valence-corrected chi connectivity index (χ3v) is 5.07. The molecule has 0 fully saturated rings. The molecule has 0 aliphatic heterocycles. The second kappa shape index (κ2) is 6.90. The average Bonchev–Trinajstić information content (AvgIpc) is 3.02. The van der Waals surface area contributed by atoms with E-state index >= 15 is 0 Å². The molecule has 2 aromatic carbocycles. The zero-order valence-electron chi connectivity index (χ0n) is 15.1. The number of nitrogens with zero attached hydrogens (tertiary/aromatic N) is 3. The van der Waals surface area contributed by atoms with Crippen LogP contribution in [0.25, 0.3) is 15.9 Å². The van der Waals surface area contributed by atoms with E-state index in [-0.39, 0.29) is 5.69 Å². The minimum Gasteiger partial charge on any atom is -0.505 e. The lowest BCUT2D eigenvalue weighted by Crippen LogP contribution is -2.25. The van der Waals surface area contributed by atoms with Crippen LogP contribution in [0.3, 0.4) is 0 Å². The summed E-state index contributed by atoms with van der Waals surface area (Å²) in [5.74, 6) is -1.13. The monoisotopic (exact) mass is 392 g/mol. The first kappa shape index (κ1) is 17.9. The number of aryl methyl sites for hydroxylation is 2. The Hall–Kier alpha value is -3.52. The van der Waals surface area contributed by atoms with E-state index in [9.17, 15) is 14.7 Å². The molecule has 4 aromatic rings. The van der Waals surface area contributed by atoms with E-state index in [1.54, 1.807) is 18.2 Å². The van der Waals surface area contributed by atoms with Gasteiger partial charge in [0, 0.05) is 6.07 Å². The van der Waals surface area contributed by atoms with Crippen LogP contribution in [0.4, 0.5) is 5.13 Å². The predicted octanol–water partition coefficient (Wildman–Crippen LogP) is 3.42. The van der Waals surface area contributed by atoms with Gasteiger partial charge in [-0.2, -0.15) is 9.78 Å². The van der Waals surface area contributed by atoms with Crippen molar-refractivity contribution in [2.75, 3.05) is 5.32 Å². The van der Waals surface area contributed by atoms with E-state index in [2.05, 4.69) is 15.4 Å². The number of amides is 1. The summed E-state index contributed by atoms with van der Waals surface area (Å²) in [6, 6.07) is 13.9. The van der Waals surface area contributed by atoms with Gasteiger partial charge in [-0.05, 0) is 49.2 Å². The Kier molecular flexibility index (Phi) is 4.40. The summed E-state index contributed by atoms with van der Waals surface area (Å²) >= 11 is 1.32. The molecule has 0 aliphatic carbocycles. The third kappa shape index (κ3) is 3.37. The van der Waals surface area contributed by atoms with Gasteiger partial charge in [-0.15, -0.1) is 0 Å². The number of anilines is 1. The molecule has 2 heterocycles. The van der Waals surface area contributed by atoms with Crippen molar-refractivity contribution < 1.29 is 9.90 Å². The molecule has 140 valence electrons. The molecule has 1 amide bonds. The van der Waals surface area contributed by atoms with Crippen LogP contribution in [0.2, 0.25) is 0 Å². The van der Waals surface area contributed by atoms with Crippen LogP contribution >= 0.6 is 11.3 Å². The second-order valence-electron chi connectivity index (χ2n) is 6.41. The highest BCUT2D eigenvalue weighted by Crippen LogP contribution is 2.27. The first-order valence-electron chi connectivity index (χ1n) is 8.49. The third-order valence-electron chi connectivity index (χ3n) is 4.14. The highest BCUT2D eigenvalue weighted by Gasteiger charge is 2.18. The first-order chi connectivity index (χ1) is 13.4. The molecule has 2 N–H and O–H groups in total. The molecule has 4 rings (SSSR count). The molecule has 2 aromatic heterocycles.